The van der Waals surface area contributed by atoms with Crippen molar-refractivity contribution in [2.24, 2.45) is 0 Å². The van der Waals surface area contributed by atoms with Crippen LogP contribution in [0.4, 0.5) is 0 Å². The topological polar surface area (TPSA) is 138 Å². The van der Waals surface area contributed by atoms with Gasteiger partial charge in [-0.05, 0) is 0 Å². The fourth-order valence-corrected chi connectivity index (χ4v) is 0. The Hall–Kier alpha value is 1.76. The number of hydrogen-bond donors (Lipinski definition) is 0. The molecule has 0 bridgehead atoms. The maximum atomic E-state index is 8.42. The number of hydrogen-bond acceptors (Lipinski definition) is 6. The minimum absolute atomic E-state index is 0. The molecule has 0 saturated heterocycles. The fourth-order valence-electron chi connectivity index (χ4n) is 0. The summed E-state index contributed by atoms with van der Waals surface area (Å²) in [6, 6.07) is 0. The molecule has 0 aromatic heterocycles. The van der Waals surface area contributed by atoms with E-state index in [2.05, 4.69) is 0 Å². The van der Waals surface area contributed by atoms with Crippen LogP contribution in [-0.4, -0.2) is 14.6 Å². The van der Waals surface area contributed by atoms with Gasteiger partial charge in [0, 0.05) is 0 Å². The van der Waals surface area contributed by atoms with E-state index in [-0.39, 0.29) is 57.9 Å². The second-order valence-electron chi connectivity index (χ2n) is 0.577. The van der Waals surface area contributed by atoms with Gasteiger partial charge < -0.3 is 30.1 Å². The summed E-state index contributed by atoms with van der Waals surface area (Å²) in [5.74, 6) is 0. The third-order valence-electron chi connectivity index (χ3n) is 0. The smallest absolute Gasteiger partial charge is 0.907 e. The Labute approximate surface area is 102 Å². The van der Waals surface area contributed by atoms with Crippen LogP contribution in [0.2, 0.25) is 0 Å². The first kappa shape index (κ1) is 22.6. The molecular weight excluding hydrogens is 318 g/mol. The average molecular weight is 318 g/mol. The molecule has 0 aliphatic heterocycles. The SMILES string of the molecule is [Fe+3].[Nd+3].[O-]B([O-])[O-].[O-]B([O-])[O-]. The van der Waals surface area contributed by atoms with Crippen molar-refractivity contribution >= 4 is 14.6 Å². The summed E-state index contributed by atoms with van der Waals surface area (Å²) < 4.78 is 0. The van der Waals surface area contributed by atoms with Crippen LogP contribution in [-0.2, 0) is 17.1 Å². The van der Waals surface area contributed by atoms with E-state index in [1.54, 1.807) is 0 Å². The molecule has 0 unspecified atom stereocenters. The van der Waals surface area contributed by atoms with Crippen LogP contribution in [0.3, 0.4) is 0 Å². The first-order chi connectivity index (χ1) is 3.46. The molecule has 0 aromatic rings. The standard InChI is InChI=1S/2BO3.Fe.Nd/c2*2-1(3)4;;/q2*-3;2*+3. The predicted molar refractivity (Wildman–Crippen MR) is 11.5 cm³/mol. The monoisotopic (exact) mass is 316 g/mol. The first-order valence-corrected chi connectivity index (χ1v) is 1.41. The first-order valence-electron chi connectivity index (χ1n) is 1.41. The Kier molecular flexibility index (Phi) is 38.5. The molecule has 0 saturated carbocycles. The summed E-state index contributed by atoms with van der Waals surface area (Å²) in [6.45, 7) is 0. The van der Waals surface area contributed by atoms with E-state index in [0.29, 0.717) is 0 Å². The largest absolute Gasteiger partial charge is 3.00 e. The summed E-state index contributed by atoms with van der Waals surface area (Å²) in [5.41, 5.74) is 0. The van der Waals surface area contributed by atoms with Crippen LogP contribution in [0.15, 0.2) is 0 Å². The van der Waals surface area contributed by atoms with Crippen molar-refractivity contribution in [1.29, 1.82) is 0 Å². The third-order valence-corrected chi connectivity index (χ3v) is 0. The zero-order chi connectivity index (χ0) is 7.15. The Bertz CT molecular complexity index is 31.2. The van der Waals surface area contributed by atoms with E-state index in [0.717, 1.165) is 0 Å². The van der Waals surface area contributed by atoms with Gasteiger partial charge in [-0.3, -0.25) is 14.6 Å². The van der Waals surface area contributed by atoms with Gasteiger partial charge in [0.1, 0.15) is 0 Å². The molecule has 54 valence electrons. The quantitative estimate of drug-likeness (QED) is 0.407. The molecule has 6 nitrogen and oxygen atoms in total. The van der Waals surface area contributed by atoms with Gasteiger partial charge in [-0.15, -0.1) is 0 Å². The summed E-state index contributed by atoms with van der Waals surface area (Å²) in [4.78, 5) is 0. The van der Waals surface area contributed by atoms with Crippen molar-refractivity contribution in [2.45, 2.75) is 0 Å². The molecule has 0 fully saturated rings. The molecule has 0 amide bonds. The predicted octanol–water partition coefficient (Wildman–Crippen LogP) is -7.90. The van der Waals surface area contributed by atoms with Gasteiger partial charge in [-0.2, -0.15) is 0 Å². The summed E-state index contributed by atoms with van der Waals surface area (Å²) >= 11 is 0. The van der Waals surface area contributed by atoms with Gasteiger partial charge in [0.25, 0.3) is 0 Å². The van der Waals surface area contributed by atoms with Gasteiger partial charge >= 0.3 is 57.9 Å². The third kappa shape index (κ3) is 242. The molecule has 2 radical (unpaired) electrons. The minimum Gasteiger partial charge on any atom is -0.907 e. The molecule has 0 aromatic carbocycles. The molecule has 10 heavy (non-hydrogen) atoms. The van der Waals surface area contributed by atoms with Crippen LogP contribution in [0, 0.1) is 40.8 Å². The molecule has 0 heterocycles. The summed E-state index contributed by atoms with van der Waals surface area (Å²) in [6.07, 6.45) is 0. The van der Waals surface area contributed by atoms with E-state index < -0.39 is 14.6 Å². The molecule has 0 rings (SSSR count). The average Bonchev–Trinajstić information content (AvgIpc) is 1.25. The molecule has 0 aliphatic rings. The zero-order valence-electron chi connectivity index (χ0n) is 4.46. The van der Waals surface area contributed by atoms with E-state index in [1.165, 1.54) is 0 Å². The van der Waals surface area contributed by atoms with Crippen LogP contribution >= 0.6 is 0 Å². The van der Waals surface area contributed by atoms with Crippen molar-refractivity contribution in [2.75, 3.05) is 0 Å². The second kappa shape index (κ2) is 17.0. The summed E-state index contributed by atoms with van der Waals surface area (Å²) in [5, 5.41) is 50.5. The second-order valence-corrected chi connectivity index (χ2v) is 0.577. The fraction of sp³-hybridized carbons (Fsp3) is 0. The molecule has 0 N–H and O–H groups in total. The Morgan fingerprint density at radius 2 is 0.600 bits per heavy atom. The Morgan fingerprint density at radius 1 is 0.600 bits per heavy atom. The number of rotatable bonds is 0. The summed E-state index contributed by atoms with van der Waals surface area (Å²) in [7, 11) is -5.83. The zero-order valence-corrected chi connectivity index (χ0v) is 8.77. The van der Waals surface area contributed by atoms with Crippen LogP contribution in [0.25, 0.3) is 0 Å². The van der Waals surface area contributed by atoms with E-state index in [4.69, 9.17) is 30.1 Å². The van der Waals surface area contributed by atoms with Crippen molar-refractivity contribution in [3.8, 4) is 0 Å². The minimum atomic E-state index is -2.92. The van der Waals surface area contributed by atoms with E-state index in [9.17, 15) is 0 Å². The van der Waals surface area contributed by atoms with Crippen LogP contribution < -0.4 is 30.1 Å². The van der Waals surface area contributed by atoms with Gasteiger partial charge in [-0.1, -0.05) is 0 Å². The Balaban J connectivity index is -0.0000000300. The maximum absolute atomic E-state index is 8.42. The van der Waals surface area contributed by atoms with Crippen molar-refractivity contribution in [1.82, 2.24) is 0 Å². The van der Waals surface area contributed by atoms with Gasteiger partial charge in [0.05, 0.1) is 0 Å². The van der Waals surface area contributed by atoms with Crippen molar-refractivity contribution in [3.63, 3.8) is 0 Å². The van der Waals surface area contributed by atoms with E-state index >= 15 is 0 Å². The van der Waals surface area contributed by atoms with Gasteiger partial charge in [0.15, 0.2) is 0 Å². The normalized spacial score (nSPS) is 5.40. The maximum Gasteiger partial charge on any atom is 3.00 e. The molecule has 0 spiro atoms. The van der Waals surface area contributed by atoms with Crippen molar-refractivity contribution in [3.05, 3.63) is 0 Å². The van der Waals surface area contributed by atoms with E-state index in [1.807, 2.05) is 0 Å². The van der Waals surface area contributed by atoms with Crippen LogP contribution in [0.5, 0.6) is 0 Å². The van der Waals surface area contributed by atoms with Gasteiger partial charge in [0.2, 0.25) is 0 Å². The molecule has 0 atom stereocenters. The molecule has 10 heteroatoms. The van der Waals surface area contributed by atoms with Gasteiger partial charge in [-0.25, -0.2) is 0 Å². The molecular formula is B2FeNdO6. The Morgan fingerprint density at radius 3 is 0.600 bits per heavy atom. The van der Waals surface area contributed by atoms with Crippen molar-refractivity contribution < 1.29 is 88.1 Å². The molecule has 0 aliphatic carbocycles. The van der Waals surface area contributed by atoms with Crippen LogP contribution in [0.1, 0.15) is 0 Å².